The van der Waals surface area contributed by atoms with Crippen LogP contribution in [0, 0.1) is 11.8 Å². The van der Waals surface area contributed by atoms with E-state index in [1.807, 2.05) is 6.07 Å². The van der Waals surface area contributed by atoms with Crippen molar-refractivity contribution in [2.24, 2.45) is 11.8 Å². The van der Waals surface area contributed by atoms with Crippen LogP contribution in [0.5, 0.6) is 0 Å². The van der Waals surface area contributed by atoms with Crippen molar-refractivity contribution in [2.75, 3.05) is 22.9 Å². The van der Waals surface area contributed by atoms with Crippen molar-refractivity contribution in [1.29, 1.82) is 0 Å². The van der Waals surface area contributed by atoms with Gasteiger partial charge in [-0.2, -0.15) is 8.42 Å². The summed E-state index contributed by atoms with van der Waals surface area (Å²) in [7, 11) is -4.16. The third-order valence-corrected chi connectivity index (χ3v) is 9.34. The molecule has 2 saturated heterocycles. The largest absolute Gasteiger partial charge is 0.353 e. The van der Waals surface area contributed by atoms with Gasteiger partial charge in [0.2, 0.25) is 0 Å². The Balaban J connectivity index is 0.00000320. The number of anilines is 2. The molecule has 0 radical (unpaired) electrons. The van der Waals surface area contributed by atoms with E-state index in [1.165, 1.54) is 31.7 Å². The van der Waals surface area contributed by atoms with Crippen molar-refractivity contribution >= 4 is 27.6 Å². The molecular weight excluding hydrogens is 474 g/mol. The van der Waals surface area contributed by atoms with Gasteiger partial charge in [-0.25, -0.2) is 14.7 Å². The van der Waals surface area contributed by atoms with Gasteiger partial charge in [-0.15, -0.1) is 0 Å². The predicted octanol–water partition coefficient (Wildman–Crippen LogP) is 4.63. The molecule has 1 N–H and O–H groups in total. The lowest BCUT2D eigenvalue weighted by Crippen LogP contribution is -2.47. The highest BCUT2D eigenvalue weighted by molar-refractivity contribution is 7.90. The van der Waals surface area contributed by atoms with Crippen LogP contribution in [-0.4, -0.2) is 49.0 Å². The number of carbonyl (C=O) groups is 1. The first-order valence-corrected chi connectivity index (χ1v) is 14.7. The average Bonchev–Trinajstić information content (AvgIpc) is 3.15. The molecule has 196 valence electrons. The molecule has 1 aliphatic carbocycles. The zero-order valence-corrected chi connectivity index (χ0v) is 22.3. The van der Waals surface area contributed by atoms with Crippen LogP contribution >= 0.6 is 0 Å². The molecule has 36 heavy (non-hydrogen) atoms. The Hall–Kier alpha value is -2.68. The molecule has 0 bridgehead atoms. The Morgan fingerprint density at radius 2 is 1.89 bits per heavy atom. The number of nitrogens with zero attached hydrogens (tertiary/aromatic N) is 4. The molecule has 2 aliphatic heterocycles. The number of amides is 1. The maximum atomic E-state index is 13.3. The Labute approximate surface area is 216 Å². The summed E-state index contributed by atoms with van der Waals surface area (Å²) in [6.07, 6.45) is 9.75. The van der Waals surface area contributed by atoms with E-state index in [9.17, 15) is 13.2 Å². The first-order valence-electron chi connectivity index (χ1n) is 13.2. The van der Waals surface area contributed by atoms with E-state index in [4.69, 9.17) is 0 Å². The molecular formula is C27H39N5O3S. The predicted molar refractivity (Wildman–Crippen MR) is 143 cm³/mol. The van der Waals surface area contributed by atoms with Gasteiger partial charge in [-0.3, -0.25) is 4.79 Å². The molecule has 2 aromatic heterocycles. The topological polar surface area (TPSA) is 95.5 Å². The summed E-state index contributed by atoms with van der Waals surface area (Å²) in [6, 6.07) is 8.76. The van der Waals surface area contributed by atoms with E-state index in [2.05, 4.69) is 45.3 Å². The second-order valence-electron chi connectivity index (χ2n) is 11.3. The average molecular weight is 514 g/mol. The quantitative estimate of drug-likeness (QED) is 0.623. The number of hydrogen-bond donors (Lipinski definition) is 1. The summed E-state index contributed by atoms with van der Waals surface area (Å²) in [5.74, 6) is 1.60. The van der Waals surface area contributed by atoms with Gasteiger partial charge in [-0.05, 0) is 82.1 Å². The van der Waals surface area contributed by atoms with Gasteiger partial charge in [0.15, 0.2) is 5.03 Å². The normalized spacial score (nSPS) is 25.9. The number of piperidine rings is 1. The SMILES string of the molecule is CC1CN(c2ncccc2C(=O)NS(=O)(=O)c2cccc(N3CCCC4CCCCC43)n2)C(C)(C)C1.[HH]. The van der Waals surface area contributed by atoms with Crippen LogP contribution in [0.15, 0.2) is 41.6 Å². The van der Waals surface area contributed by atoms with Gasteiger partial charge in [0.25, 0.3) is 15.9 Å². The number of nitrogens with one attached hydrogen (secondary N) is 1. The molecule has 4 heterocycles. The molecule has 1 amide bonds. The summed E-state index contributed by atoms with van der Waals surface area (Å²) < 4.78 is 28.9. The molecule has 0 spiro atoms. The van der Waals surface area contributed by atoms with E-state index in [0.717, 1.165) is 32.4 Å². The minimum Gasteiger partial charge on any atom is -0.353 e. The van der Waals surface area contributed by atoms with Gasteiger partial charge in [0, 0.05) is 32.3 Å². The fraction of sp³-hybridized carbons (Fsp3) is 0.593. The van der Waals surface area contributed by atoms with Crippen molar-refractivity contribution in [1.82, 2.24) is 14.7 Å². The number of fused-ring (bicyclic) bond motifs is 1. The highest BCUT2D eigenvalue weighted by Crippen LogP contribution is 2.38. The van der Waals surface area contributed by atoms with Crippen LogP contribution in [0.3, 0.4) is 0 Å². The molecule has 1 saturated carbocycles. The zero-order chi connectivity index (χ0) is 25.5. The Kier molecular flexibility index (Phi) is 6.70. The van der Waals surface area contributed by atoms with Crippen molar-refractivity contribution in [3.05, 3.63) is 42.1 Å². The molecule has 3 fully saturated rings. The van der Waals surface area contributed by atoms with Crippen molar-refractivity contribution in [2.45, 2.75) is 82.3 Å². The minimum absolute atomic E-state index is 0. The minimum atomic E-state index is -4.16. The van der Waals surface area contributed by atoms with Gasteiger partial charge in [0.1, 0.15) is 11.6 Å². The molecule has 8 nitrogen and oxygen atoms in total. The molecule has 2 aromatic rings. The number of pyridine rings is 2. The lowest BCUT2D eigenvalue weighted by atomic mass is 9.78. The molecule has 3 atom stereocenters. The van der Waals surface area contributed by atoms with Crippen molar-refractivity contribution in [3.8, 4) is 0 Å². The fourth-order valence-corrected chi connectivity index (χ4v) is 7.53. The van der Waals surface area contributed by atoms with E-state index >= 15 is 0 Å². The first-order chi connectivity index (χ1) is 17.2. The number of carbonyl (C=O) groups excluding carboxylic acids is 1. The number of rotatable bonds is 5. The summed E-state index contributed by atoms with van der Waals surface area (Å²) in [4.78, 5) is 26.7. The van der Waals surface area contributed by atoms with Gasteiger partial charge in [0.05, 0.1) is 5.56 Å². The van der Waals surface area contributed by atoms with Crippen LogP contribution in [0.25, 0.3) is 0 Å². The summed E-state index contributed by atoms with van der Waals surface area (Å²) >= 11 is 0. The summed E-state index contributed by atoms with van der Waals surface area (Å²) in [6.45, 7) is 8.06. The Bertz CT molecular complexity index is 1240. The van der Waals surface area contributed by atoms with Crippen LogP contribution in [0.4, 0.5) is 11.6 Å². The van der Waals surface area contributed by atoms with E-state index in [1.54, 1.807) is 24.4 Å². The maximum Gasteiger partial charge on any atom is 0.281 e. The summed E-state index contributed by atoms with van der Waals surface area (Å²) in [5.41, 5.74) is 0.0729. The van der Waals surface area contributed by atoms with Gasteiger partial charge >= 0.3 is 0 Å². The molecule has 9 heteroatoms. The van der Waals surface area contributed by atoms with Crippen LogP contribution < -0.4 is 14.5 Å². The third kappa shape index (κ3) is 4.82. The number of aromatic nitrogens is 2. The first kappa shape index (κ1) is 25.0. The zero-order valence-electron chi connectivity index (χ0n) is 21.5. The van der Waals surface area contributed by atoms with Gasteiger partial charge in [-0.1, -0.05) is 25.8 Å². The second-order valence-corrected chi connectivity index (χ2v) is 13.0. The fourth-order valence-electron chi connectivity index (χ4n) is 6.60. The Morgan fingerprint density at radius 3 is 2.67 bits per heavy atom. The monoisotopic (exact) mass is 513 g/mol. The number of hydrogen-bond acceptors (Lipinski definition) is 7. The molecule has 3 unspecified atom stereocenters. The Morgan fingerprint density at radius 1 is 1.11 bits per heavy atom. The second kappa shape index (κ2) is 9.65. The lowest BCUT2D eigenvalue weighted by molar-refractivity contribution is 0.0981. The standard InChI is InChI=1S/C27H37N5O3S.H2/c1-19-17-27(2,3)32(18-19)25-21(11-7-15-28-25)26(33)30-36(34,35)24-14-6-13-23(29-24)31-16-8-10-20-9-4-5-12-22(20)31;/h6-7,11,13-15,19-20,22H,4-5,8-10,12,16-18H2,1-3H3,(H,30,33);1H. The highest BCUT2D eigenvalue weighted by atomic mass is 32.2. The van der Waals surface area contributed by atoms with E-state index in [-0.39, 0.29) is 17.6 Å². The van der Waals surface area contributed by atoms with Crippen molar-refractivity contribution in [3.63, 3.8) is 0 Å². The number of sulfonamides is 1. The van der Waals surface area contributed by atoms with Crippen LogP contribution in [-0.2, 0) is 10.0 Å². The van der Waals surface area contributed by atoms with Crippen LogP contribution in [0.2, 0.25) is 0 Å². The van der Waals surface area contributed by atoms with E-state index < -0.39 is 15.9 Å². The smallest absolute Gasteiger partial charge is 0.281 e. The molecule has 0 aromatic carbocycles. The molecule has 5 rings (SSSR count). The maximum absolute atomic E-state index is 13.3. The summed E-state index contributed by atoms with van der Waals surface area (Å²) in [5, 5.41) is -0.133. The lowest BCUT2D eigenvalue weighted by Gasteiger charge is -2.44. The van der Waals surface area contributed by atoms with E-state index in [0.29, 0.717) is 29.5 Å². The molecule has 3 aliphatic rings. The van der Waals surface area contributed by atoms with Crippen LogP contribution in [0.1, 0.15) is 77.5 Å². The highest BCUT2D eigenvalue weighted by Gasteiger charge is 2.39. The third-order valence-electron chi connectivity index (χ3n) is 8.11. The van der Waals surface area contributed by atoms with Crippen molar-refractivity contribution < 1.29 is 14.6 Å². The van der Waals surface area contributed by atoms with Gasteiger partial charge < -0.3 is 9.80 Å².